The van der Waals surface area contributed by atoms with Gasteiger partial charge in [-0.3, -0.25) is 19.3 Å². The van der Waals surface area contributed by atoms with E-state index in [0.717, 1.165) is 5.56 Å². The summed E-state index contributed by atoms with van der Waals surface area (Å²) >= 11 is 12.5. The third-order valence-electron chi connectivity index (χ3n) is 6.14. The van der Waals surface area contributed by atoms with Crippen molar-refractivity contribution in [2.75, 3.05) is 18.6 Å². The molecule has 0 spiro atoms. The van der Waals surface area contributed by atoms with Crippen LogP contribution >= 0.6 is 23.2 Å². The minimum absolute atomic E-state index is 0.0730. The number of aryl methyl sites for hydroxylation is 1. The molecular weight excluding hydrogens is 529 g/mol. The van der Waals surface area contributed by atoms with Crippen molar-refractivity contribution in [2.24, 2.45) is 0 Å². The molecule has 4 rings (SSSR count). The number of aliphatic hydroxyl groups excluding tert-OH is 1. The Bertz CT molecular complexity index is 1450. The second-order valence-corrected chi connectivity index (χ2v) is 9.54. The van der Waals surface area contributed by atoms with Crippen LogP contribution in [0.1, 0.15) is 35.2 Å². The van der Waals surface area contributed by atoms with Crippen LogP contribution in [0.2, 0.25) is 10.0 Å². The first-order valence-corrected chi connectivity index (χ1v) is 12.6. The number of esters is 1. The fraction of sp³-hybridized carbons (Fsp3) is 0.207. The molecule has 1 atom stereocenters. The fourth-order valence-electron chi connectivity index (χ4n) is 4.50. The zero-order valence-electron chi connectivity index (χ0n) is 21.0. The minimum atomic E-state index is -0.951. The molecule has 1 N–H and O–H groups in total. The van der Waals surface area contributed by atoms with E-state index in [1.165, 1.54) is 24.1 Å². The van der Waals surface area contributed by atoms with Crippen molar-refractivity contribution in [1.29, 1.82) is 0 Å². The van der Waals surface area contributed by atoms with Gasteiger partial charge in [0, 0.05) is 10.7 Å². The number of nitrogens with zero attached hydrogens (tertiary/aromatic N) is 1. The lowest BCUT2D eigenvalue weighted by atomic mass is 9.94. The number of carbonyl (C=O) groups excluding carboxylic acids is 3. The highest BCUT2D eigenvalue weighted by Crippen LogP contribution is 2.45. The van der Waals surface area contributed by atoms with E-state index in [0.29, 0.717) is 16.8 Å². The lowest BCUT2D eigenvalue weighted by molar-refractivity contribution is -0.142. The van der Waals surface area contributed by atoms with Crippen molar-refractivity contribution in [3.05, 3.63) is 98.5 Å². The first kappa shape index (κ1) is 27.2. The van der Waals surface area contributed by atoms with Crippen molar-refractivity contribution in [3.8, 4) is 5.75 Å². The summed E-state index contributed by atoms with van der Waals surface area (Å²) in [6.07, 6.45) is 0.0730. The standard InChI is InChI=1S/C29H25Cl2NO6/c1-4-38-23(33)13-17-8-10-20(11-9-17)32-25(18-7-5-6-16(2)12-18)24(27(35)29(32)36)26(34)21-14-19(30)15-22(31)28(21)37-3/h5-12,14-15,25,34H,4,13H2,1-3H3/b26-24+. The summed E-state index contributed by atoms with van der Waals surface area (Å²) < 4.78 is 10.4. The molecule has 0 aliphatic carbocycles. The topological polar surface area (TPSA) is 93.1 Å². The van der Waals surface area contributed by atoms with Crippen LogP contribution in [-0.4, -0.2) is 36.5 Å². The largest absolute Gasteiger partial charge is 0.507 e. The van der Waals surface area contributed by atoms with Crippen LogP contribution in [-0.2, 0) is 25.5 Å². The molecule has 1 aliphatic rings. The maximum atomic E-state index is 13.4. The highest BCUT2D eigenvalue weighted by molar-refractivity contribution is 6.52. The van der Waals surface area contributed by atoms with Gasteiger partial charge in [-0.15, -0.1) is 0 Å². The van der Waals surface area contributed by atoms with Crippen LogP contribution in [0, 0.1) is 6.92 Å². The summed E-state index contributed by atoms with van der Waals surface area (Å²) in [7, 11) is 1.38. The molecule has 1 amide bonds. The predicted octanol–water partition coefficient (Wildman–Crippen LogP) is 6.04. The lowest BCUT2D eigenvalue weighted by Gasteiger charge is -2.26. The fourth-order valence-corrected chi connectivity index (χ4v) is 5.07. The molecule has 1 heterocycles. The third kappa shape index (κ3) is 5.26. The number of rotatable bonds is 7. The van der Waals surface area contributed by atoms with E-state index in [2.05, 4.69) is 0 Å². The number of benzene rings is 3. The lowest BCUT2D eigenvalue weighted by Crippen LogP contribution is -2.29. The quantitative estimate of drug-likeness (QED) is 0.166. The number of methoxy groups -OCH3 is 1. The SMILES string of the molecule is CCOC(=O)Cc1ccc(N2C(=O)C(=O)/C(=C(/O)c3cc(Cl)cc(Cl)c3OC)C2c2cccc(C)c2)cc1. The Morgan fingerprint density at radius 2 is 1.76 bits per heavy atom. The van der Waals surface area contributed by atoms with E-state index < -0.39 is 23.5 Å². The number of ether oxygens (including phenoxy) is 2. The number of hydrogen-bond donors (Lipinski definition) is 1. The van der Waals surface area contributed by atoms with Gasteiger partial charge in [0.25, 0.3) is 11.7 Å². The van der Waals surface area contributed by atoms with Crippen LogP contribution in [0.3, 0.4) is 0 Å². The monoisotopic (exact) mass is 553 g/mol. The Labute approximate surface area is 230 Å². The number of anilines is 1. The molecule has 0 bridgehead atoms. The van der Waals surface area contributed by atoms with Crippen LogP contribution in [0.15, 0.2) is 66.2 Å². The molecule has 1 unspecified atom stereocenters. The third-order valence-corrected chi connectivity index (χ3v) is 6.64. The van der Waals surface area contributed by atoms with Crippen LogP contribution in [0.4, 0.5) is 5.69 Å². The van der Waals surface area contributed by atoms with E-state index in [-0.39, 0.29) is 45.9 Å². The van der Waals surface area contributed by atoms with Gasteiger partial charge in [0.05, 0.1) is 42.3 Å². The van der Waals surface area contributed by atoms with Gasteiger partial charge in [0.2, 0.25) is 0 Å². The zero-order chi connectivity index (χ0) is 27.6. The van der Waals surface area contributed by atoms with E-state index in [1.54, 1.807) is 37.3 Å². The highest BCUT2D eigenvalue weighted by atomic mass is 35.5. The maximum Gasteiger partial charge on any atom is 0.310 e. The number of aliphatic hydroxyl groups is 1. The molecule has 3 aromatic carbocycles. The van der Waals surface area contributed by atoms with Gasteiger partial charge in [-0.2, -0.15) is 0 Å². The summed E-state index contributed by atoms with van der Waals surface area (Å²) in [6, 6.07) is 15.9. The van der Waals surface area contributed by atoms with Gasteiger partial charge >= 0.3 is 5.97 Å². The summed E-state index contributed by atoms with van der Waals surface area (Å²) in [5.74, 6) is -2.40. The second-order valence-electron chi connectivity index (χ2n) is 8.70. The number of halogens is 2. The Morgan fingerprint density at radius 3 is 2.39 bits per heavy atom. The Hall–Kier alpha value is -3.81. The van der Waals surface area contributed by atoms with Crippen LogP contribution < -0.4 is 9.64 Å². The Kier molecular flexibility index (Phi) is 8.09. The molecular formula is C29H25Cl2NO6. The summed E-state index contributed by atoms with van der Waals surface area (Å²) in [5, 5.41) is 11.8. The zero-order valence-corrected chi connectivity index (χ0v) is 22.5. The van der Waals surface area contributed by atoms with E-state index in [1.807, 2.05) is 25.1 Å². The normalized spacial score (nSPS) is 16.6. The molecule has 196 valence electrons. The van der Waals surface area contributed by atoms with Gasteiger partial charge in [-0.1, -0.05) is 65.2 Å². The molecule has 38 heavy (non-hydrogen) atoms. The Balaban J connectivity index is 1.88. The van der Waals surface area contributed by atoms with Crippen LogP contribution in [0.25, 0.3) is 5.76 Å². The van der Waals surface area contributed by atoms with Crippen molar-refractivity contribution in [3.63, 3.8) is 0 Å². The van der Waals surface area contributed by atoms with Gasteiger partial charge in [0.15, 0.2) is 0 Å². The molecule has 0 saturated carbocycles. The van der Waals surface area contributed by atoms with E-state index in [9.17, 15) is 19.5 Å². The van der Waals surface area contributed by atoms with Gasteiger partial charge in [-0.05, 0) is 49.2 Å². The average molecular weight is 554 g/mol. The van der Waals surface area contributed by atoms with Crippen molar-refractivity contribution in [2.45, 2.75) is 26.3 Å². The molecule has 1 fully saturated rings. The van der Waals surface area contributed by atoms with Crippen molar-refractivity contribution in [1.82, 2.24) is 0 Å². The summed E-state index contributed by atoms with van der Waals surface area (Å²) in [6.45, 7) is 3.90. The number of hydrogen-bond acceptors (Lipinski definition) is 6. The van der Waals surface area contributed by atoms with Crippen LogP contribution in [0.5, 0.6) is 5.75 Å². The molecule has 1 saturated heterocycles. The molecule has 9 heteroatoms. The molecule has 0 radical (unpaired) electrons. The predicted molar refractivity (Wildman–Crippen MR) is 146 cm³/mol. The van der Waals surface area contributed by atoms with Gasteiger partial charge < -0.3 is 14.6 Å². The Morgan fingerprint density at radius 1 is 1.05 bits per heavy atom. The van der Waals surface area contributed by atoms with Crippen molar-refractivity contribution >= 4 is 52.3 Å². The summed E-state index contributed by atoms with van der Waals surface area (Å²) in [5.41, 5.74) is 2.59. The number of carbonyl (C=O) groups is 3. The number of Topliss-reactive ketones (excluding diaryl/α,β-unsaturated/α-hetero) is 1. The maximum absolute atomic E-state index is 13.4. The second kappa shape index (κ2) is 11.3. The molecule has 3 aromatic rings. The number of amides is 1. The first-order chi connectivity index (χ1) is 18.2. The highest BCUT2D eigenvalue weighted by Gasteiger charge is 2.47. The van der Waals surface area contributed by atoms with Gasteiger partial charge in [0.1, 0.15) is 11.5 Å². The minimum Gasteiger partial charge on any atom is -0.507 e. The first-order valence-electron chi connectivity index (χ1n) is 11.8. The van der Waals surface area contributed by atoms with Crippen molar-refractivity contribution < 1.29 is 29.0 Å². The number of ketones is 1. The molecule has 7 nitrogen and oxygen atoms in total. The van der Waals surface area contributed by atoms with E-state index in [4.69, 9.17) is 32.7 Å². The average Bonchev–Trinajstić information content (AvgIpc) is 3.14. The van der Waals surface area contributed by atoms with E-state index >= 15 is 0 Å². The van der Waals surface area contributed by atoms with Gasteiger partial charge in [-0.25, -0.2) is 0 Å². The molecule has 1 aliphatic heterocycles. The molecule has 0 aromatic heterocycles. The smallest absolute Gasteiger partial charge is 0.310 e. The summed E-state index contributed by atoms with van der Waals surface area (Å²) in [4.78, 5) is 40.1.